The van der Waals surface area contributed by atoms with Crippen LogP contribution in [0.1, 0.15) is 16.8 Å². The van der Waals surface area contributed by atoms with Gasteiger partial charge in [0, 0.05) is 12.0 Å². The Labute approximate surface area is 125 Å². The number of esters is 1. The third-order valence-corrected chi connectivity index (χ3v) is 3.20. The fourth-order valence-corrected chi connectivity index (χ4v) is 2.06. The van der Waals surface area contributed by atoms with E-state index in [1.807, 2.05) is 0 Å². The Bertz CT molecular complexity index is 596. The highest BCUT2D eigenvalue weighted by Crippen LogP contribution is 2.47. The number of hydrogen-bond acceptors (Lipinski definition) is 4. The van der Waals surface area contributed by atoms with Crippen LogP contribution in [0.3, 0.4) is 0 Å². The summed E-state index contributed by atoms with van der Waals surface area (Å²) in [5.74, 6) is -2.58. The van der Waals surface area contributed by atoms with Crippen LogP contribution in [0.5, 0.6) is 0 Å². The smallest absolute Gasteiger partial charge is 0.424 e. The maximum atomic E-state index is 12.8. The lowest BCUT2D eigenvalue weighted by molar-refractivity contribution is -0.369. The van der Waals surface area contributed by atoms with Crippen molar-refractivity contribution in [3.05, 3.63) is 35.9 Å². The zero-order valence-electron chi connectivity index (χ0n) is 11.2. The second-order valence-electron chi connectivity index (χ2n) is 4.79. The number of nitrogens with one attached hydrogen (secondary N) is 1. The summed E-state index contributed by atoms with van der Waals surface area (Å²) in [6.07, 6.45) is -12.7. The lowest BCUT2D eigenvalue weighted by atomic mass is 10.0. The molecule has 1 aliphatic rings. The molecular weight excluding hydrogens is 332 g/mol. The third-order valence-electron chi connectivity index (χ3n) is 3.20. The molecule has 1 heterocycles. The fraction of sp³-hybridized carbons (Fsp3) is 0.385. The van der Waals surface area contributed by atoms with E-state index in [0.29, 0.717) is 0 Å². The molecule has 0 unspecified atom stereocenters. The molecule has 0 aromatic heterocycles. The van der Waals surface area contributed by atoms with Crippen molar-refractivity contribution in [3.63, 3.8) is 0 Å². The highest BCUT2D eigenvalue weighted by molar-refractivity contribution is 5.99. The number of ketones is 1. The molecule has 10 heteroatoms. The molecule has 1 N–H and O–H groups in total. The molecule has 126 valence electrons. The van der Waals surface area contributed by atoms with E-state index in [4.69, 9.17) is 0 Å². The summed E-state index contributed by atoms with van der Waals surface area (Å²) in [6, 6.07) is 5.09. The van der Waals surface area contributed by atoms with Crippen molar-refractivity contribution in [1.82, 2.24) is 5.32 Å². The first kappa shape index (κ1) is 17.3. The second-order valence-corrected chi connectivity index (χ2v) is 4.79. The molecule has 23 heavy (non-hydrogen) atoms. The molecule has 1 atom stereocenters. The van der Waals surface area contributed by atoms with Crippen LogP contribution < -0.4 is 5.32 Å². The molecule has 0 bridgehead atoms. The van der Waals surface area contributed by atoms with Crippen molar-refractivity contribution in [2.75, 3.05) is 0 Å². The average Bonchev–Trinajstić information content (AvgIpc) is 2.77. The summed E-state index contributed by atoms with van der Waals surface area (Å²) in [4.78, 5) is 23.3. The summed E-state index contributed by atoms with van der Waals surface area (Å²) < 4.78 is 80.2. The first-order valence-electron chi connectivity index (χ1n) is 6.20. The van der Waals surface area contributed by atoms with E-state index < -0.39 is 42.3 Å². The normalized spacial score (nSPS) is 21.1. The van der Waals surface area contributed by atoms with Crippen LogP contribution in [-0.4, -0.2) is 35.9 Å². The molecule has 0 spiro atoms. The van der Waals surface area contributed by atoms with Crippen LogP contribution in [0.25, 0.3) is 0 Å². The van der Waals surface area contributed by atoms with Crippen LogP contribution in [0, 0.1) is 0 Å². The number of rotatable bonds is 3. The van der Waals surface area contributed by atoms with E-state index >= 15 is 0 Å². The number of cyclic esters (lactones) is 1. The number of halogens is 6. The Kier molecular flexibility index (Phi) is 4.14. The topological polar surface area (TPSA) is 55.4 Å². The Morgan fingerprint density at radius 3 is 2.04 bits per heavy atom. The standard InChI is InChI=1S/C13H9F6NO3/c14-12(15,16)11(13(17,18)19)20-8(10(22)23-11)6-9(21)7-4-2-1-3-5-7/h1-5,8,20H,6H2/t8-/m0/s1. The van der Waals surface area contributed by atoms with Crippen molar-refractivity contribution in [1.29, 1.82) is 0 Å². The van der Waals surface area contributed by atoms with Crippen molar-refractivity contribution in [2.24, 2.45) is 0 Å². The van der Waals surface area contributed by atoms with Gasteiger partial charge < -0.3 is 4.74 Å². The van der Waals surface area contributed by atoms with Gasteiger partial charge in [0.05, 0.1) is 0 Å². The van der Waals surface area contributed by atoms with Gasteiger partial charge in [-0.15, -0.1) is 0 Å². The maximum absolute atomic E-state index is 12.8. The number of ether oxygens (including phenoxy) is 1. The van der Waals surface area contributed by atoms with Gasteiger partial charge in [0.15, 0.2) is 5.78 Å². The van der Waals surface area contributed by atoms with E-state index in [-0.39, 0.29) is 5.56 Å². The lowest BCUT2D eigenvalue weighted by Crippen LogP contribution is -2.65. The summed E-state index contributed by atoms with van der Waals surface area (Å²) >= 11 is 0. The van der Waals surface area contributed by atoms with Crippen LogP contribution in [0.15, 0.2) is 30.3 Å². The number of carbonyl (C=O) groups excluding carboxylic acids is 2. The van der Waals surface area contributed by atoms with E-state index in [1.165, 1.54) is 24.3 Å². The molecule has 0 saturated carbocycles. The Morgan fingerprint density at radius 1 is 1.09 bits per heavy atom. The summed E-state index contributed by atoms with van der Waals surface area (Å²) in [7, 11) is 0. The minimum Gasteiger partial charge on any atom is -0.424 e. The van der Waals surface area contributed by atoms with Crippen molar-refractivity contribution >= 4 is 11.8 Å². The van der Waals surface area contributed by atoms with Gasteiger partial charge in [-0.3, -0.25) is 14.9 Å². The van der Waals surface area contributed by atoms with Crippen LogP contribution in [0.4, 0.5) is 26.3 Å². The summed E-state index contributed by atoms with van der Waals surface area (Å²) in [5, 5.41) is 1.09. The molecule has 1 aromatic rings. The Hall–Kier alpha value is -2.10. The van der Waals surface area contributed by atoms with Gasteiger partial charge in [-0.2, -0.15) is 26.3 Å². The van der Waals surface area contributed by atoms with Crippen molar-refractivity contribution < 1.29 is 40.7 Å². The summed E-state index contributed by atoms with van der Waals surface area (Å²) in [6.45, 7) is 0. The van der Waals surface area contributed by atoms with Gasteiger partial charge >= 0.3 is 24.0 Å². The molecule has 1 saturated heterocycles. The van der Waals surface area contributed by atoms with E-state index in [0.717, 1.165) is 5.32 Å². The zero-order valence-corrected chi connectivity index (χ0v) is 11.2. The van der Waals surface area contributed by atoms with E-state index in [1.54, 1.807) is 6.07 Å². The average molecular weight is 341 g/mol. The monoisotopic (exact) mass is 341 g/mol. The molecule has 2 rings (SSSR count). The fourth-order valence-electron chi connectivity index (χ4n) is 2.06. The molecule has 1 aliphatic heterocycles. The van der Waals surface area contributed by atoms with Crippen molar-refractivity contribution in [2.45, 2.75) is 30.5 Å². The predicted octanol–water partition coefficient (Wildman–Crippen LogP) is 2.60. The molecule has 4 nitrogen and oxygen atoms in total. The van der Waals surface area contributed by atoms with Gasteiger partial charge in [-0.1, -0.05) is 30.3 Å². The molecule has 0 radical (unpaired) electrons. The zero-order chi connectivity index (χ0) is 17.5. The van der Waals surface area contributed by atoms with Gasteiger partial charge in [-0.25, -0.2) is 0 Å². The summed E-state index contributed by atoms with van der Waals surface area (Å²) in [5.41, 5.74) is -4.75. The SMILES string of the molecule is O=C(C[C@@H]1NC(C(F)(F)F)(C(F)(F)F)OC1=O)c1ccccc1. The molecule has 0 amide bonds. The van der Waals surface area contributed by atoms with Crippen molar-refractivity contribution in [3.8, 4) is 0 Å². The maximum Gasteiger partial charge on any atom is 0.452 e. The Balaban J connectivity index is 2.24. The third kappa shape index (κ3) is 3.03. The minimum atomic E-state index is -5.93. The molecule has 1 aromatic carbocycles. The van der Waals surface area contributed by atoms with Crippen LogP contribution in [0.2, 0.25) is 0 Å². The number of Topliss-reactive ketones (excluding diaryl/α,β-unsaturated/α-hetero) is 1. The van der Waals surface area contributed by atoms with Gasteiger partial charge in [0.1, 0.15) is 6.04 Å². The van der Waals surface area contributed by atoms with E-state index in [2.05, 4.69) is 4.74 Å². The van der Waals surface area contributed by atoms with Gasteiger partial charge in [-0.05, 0) is 0 Å². The Morgan fingerprint density at radius 2 is 1.61 bits per heavy atom. The van der Waals surface area contributed by atoms with Gasteiger partial charge in [0.25, 0.3) is 0 Å². The number of benzene rings is 1. The molecule has 0 aliphatic carbocycles. The quantitative estimate of drug-likeness (QED) is 0.522. The number of carbonyl (C=O) groups is 2. The largest absolute Gasteiger partial charge is 0.452 e. The molecular formula is C13H9F6NO3. The minimum absolute atomic E-state index is 0.0543. The van der Waals surface area contributed by atoms with E-state index in [9.17, 15) is 35.9 Å². The highest BCUT2D eigenvalue weighted by Gasteiger charge is 2.78. The van der Waals surface area contributed by atoms with Crippen LogP contribution in [-0.2, 0) is 9.53 Å². The first-order chi connectivity index (χ1) is 10.5. The second kappa shape index (κ2) is 5.52. The molecule has 1 fully saturated rings. The van der Waals surface area contributed by atoms with Crippen LogP contribution >= 0.6 is 0 Å². The lowest BCUT2D eigenvalue weighted by Gasteiger charge is -2.31. The predicted molar refractivity (Wildman–Crippen MR) is 63.2 cm³/mol. The van der Waals surface area contributed by atoms with Gasteiger partial charge in [0.2, 0.25) is 0 Å². The number of hydrogen-bond donors (Lipinski definition) is 1. The highest BCUT2D eigenvalue weighted by atomic mass is 19.4. The first-order valence-corrected chi connectivity index (χ1v) is 6.20. The number of alkyl halides is 6.